The van der Waals surface area contributed by atoms with Crippen molar-refractivity contribution in [3.05, 3.63) is 52.8 Å². The first kappa shape index (κ1) is 21.7. The van der Waals surface area contributed by atoms with E-state index in [9.17, 15) is 9.90 Å². The van der Waals surface area contributed by atoms with E-state index in [2.05, 4.69) is 13.8 Å². The second-order valence-corrected chi connectivity index (χ2v) is 7.39. The fraction of sp³-hybridized carbons (Fsp3) is 0.375. The Balaban J connectivity index is 1.98. The highest BCUT2D eigenvalue weighted by molar-refractivity contribution is 6.15. The molecule has 1 N–H and O–H groups in total. The van der Waals surface area contributed by atoms with Gasteiger partial charge in [-0.25, -0.2) is 0 Å². The molecule has 2 aromatic rings. The molecule has 3 rings (SSSR count). The number of methoxy groups -OCH3 is 2. The van der Waals surface area contributed by atoms with E-state index in [4.69, 9.17) is 14.2 Å². The SMILES string of the molecule is CCC[NH+](CCC)Cc1c([O-])ccc2c1O/C(=C\c1cc(OC)ccc1OC)C2=O. The normalized spacial score (nSPS) is 14.2. The molecule has 0 aliphatic carbocycles. The van der Waals surface area contributed by atoms with E-state index in [1.54, 1.807) is 44.6 Å². The van der Waals surface area contributed by atoms with Gasteiger partial charge in [-0.1, -0.05) is 25.7 Å². The van der Waals surface area contributed by atoms with Crippen LogP contribution in [0.15, 0.2) is 36.1 Å². The zero-order chi connectivity index (χ0) is 21.7. The van der Waals surface area contributed by atoms with Crippen LogP contribution in [0, 0.1) is 0 Å². The van der Waals surface area contributed by atoms with Crippen molar-refractivity contribution in [2.75, 3.05) is 27.3 Å². The van der Waals surface area contributed by atoms with Crippen LogP contribution in [0.4, 0.5) is 0 Å². The Labute approximate surface area is 177 Å². The van der Waals surface area contributed by atoms with Gasteiger partial charge in [-0.15, -0.1) is 0 Å². The van der Waals surface area contributed by atoms with Gasteiger partial charge in [-0.3, -0.25) is 4.79 Å². The number of ether oxygens (including phenoxy) is 3. The molecule has 0 bridgehead atoms. The van der Waals surface area contributed by atoms with Crippen LogP contribution in [0.2, 0.25) is 0 Å². The van der Waals surface area contributed by atoms with Crippen LogP contribution in [0.25, 0.3) is 6.08 Å². The average molecular weight is 411 g/mol. The lowest BCUT2D eigenvalue weighted by Gasteiger charge is -2.23. The topological polar surface area (TPSA) is 72.3 Å². The molecule has 0 spiro atoms. The molecule has 0 aromatic heterocycles. The molecule has 0 saturated carbocycles. The molecule has 0 unspecified atom stereocenters. The van der Waals surface area contributed by atoms with Gasteiger partial charge >= 0.3 is 0 Å². The third kappa shape index (κ3) is 4.44. The lowest BCUT2D eigenvalue weighted by molar-refractivity contribution is -0.914. The second-order valence-electron chi connectivity index (χ2n) is 7.39. The van der Waals surface area contributed by atoms with Crippen LogP contribution < -0.4 is 24.2 Å². The van der Waals surface area contributed by atoms with E-state index < -0.39 is 0 Å². The summed E-state index contributed by atoms with van der Waals surface area (Å²) in [5, 5.41) is 12.6. The molecule has 1 aliphatic rings. The van der Waals surface area contributed by atoms with Gasteiger partial charge in [0.25, 0.3) is 0 Å². The summed E-state index contributed by atoms with van der Waals surface area (Å²) in [4.78, 5) is 14.3. The van der Waals surface area contributed by atoms with Crippen molar-refractivity contribution < 1.29 is 29.0 Å². The minimum atomic E-state index is -0.233. The van der Waals surface area contributed by atoms with Crippen LogP contribution in [0.3, 0.4) is 0 Å². The van der Waals surface area contributed by atoms with Gasteiger partial charge in [0.2, 0.25) is 5.78 Å². The van der Waals surface area contributed by atoms with Crippen molar-refractivity contribution in [2.45, 2.75) is 33.2 Å². The van der Waals surface area contributed by atoms with E-state index in [0.717, 1.165) is 25.9 Å². The number of Topliss-reactive ketones (excluding diaryl/α,β-unsaturated/α-hetero) is 1. The summed E-state index contributed by atoms with van der Waals surface area (Å²) in [6.45, 7) is 6.74. The number of quaternary nitrogens is 1. The highest BCUT2D eigenvalue weighted by atomic mass is 16.5. The number of hydrogen-bond donors (Lipinski definition) is 1. The second kappa shape index (κ2) is 9.67. The highest BCUT2D eigenvalue weighted by Crippen LogP contribution is 2.39. The average Bonchev–Trinajstić information content (AvgIpc) is 3.06. The number of hydrogen-bond acceptors (Lipinski definition) is 5. The Morgan fingerprint density at radius 2 is 1.80 bits per heavy atom. The molecule has 1 heterocycles. The van der Waals surface area contributed by atoms with E-state index in [0.29, 0.717) is 40.5 Å². The molecular weight excluding hydrogens is 382 g/mol. The number of carbonyl (C=O) groups excluding carboxylic acids is 1. The lowest BCUT2D eigenvalue weighted by Crippen LogP contribution is -3.10. The predicted molar refractivity (Wildman–Crippen MR) is 113 cm³/mol. The predicted octanol–water partition coefficient (Wildman–Crippen LogP) is 2.60. The molecule has 0 atom stereocenters. The van der Waals surface area contributed by atoms with E-state index in [-0.39, 0.29) is 17.3 Å². The first-order valence-corrected chi connectivity index (χ1v) is 10.3. The van der Waals surface area contributed by atoms with Gasteiger partial charge in [0.15, 0.2) is 5.76 Å². The van der Waals surface area contributed by atoms with Gasteiger partial charge in [0, 0.05) is 11.1 Å². The fourth-order valence-electron chi connectivity index (χ4n) is 3.81. The van der Waals surface area contributed by atoms with Crippen molar-refractivity contribution in [3.63, 3.8) is 0 Å². The van der Waals surface area contributed by atoms with Crippen LogP contribution in [0.5, 0.6) is 23.0 Å². The Hall–Kier alpha value is -2.99. The van der Waals surface area contributed by atoms with E-state index in [1.807, 2.05) is 0 Å². The molecule has 0 fully saturated rings. The Bertz CT molecular complexity index is 945. The first-order valence-electron chi connectivity index (χ1n) is 10.3. The van der Waals surface area contributed by atoms with Gasteiger partial charge in [-0.2, -0.15) is 0 Å². The maximum Gasteiger partial charge on any atom is 0.231 e. The van der Waals surface area contributed by atoms with Crippen LogP contribution in [-0.2, 0) is 6.54 Å². The summed E-state index contributed by atoms with van der Waals surface area (Å²) in [5.41, 5.74) is 1.67. The minimum Gasteiger partial charge on any atom is -0.872 e. The van der Waals surface area contributed by atoms with Crippen molar-refractivity contribution in [1.29, 1.82) is 0 Å². The number of ketones is 1. The quantitative estimate of drug-likeness (QED) is 0.642. The number of benzene rings is 2. The van der Waals surface area contributed by atoms with Crippen molar-refractivity contribution >= 4 is 11.9 Å². The standard InChI is InChI=1S/C24H29NO5/c1-5-11-25(12-6-2)15-19-20(26)9-8-18-23(27)22(30-24(18)19)14-16-13-17(28-3)7-10-21(16)29-4/h7-10,13-14,26H,5-6,11-12,15H2,1-4H3/b22-14-. The molecular formula is C24H29NO5. The molecule has 1 aliphatic heterocycles. The van der Waals surface area contributed by atoms with E-state index >= 15 is 0 Å². The van der Waals surface area contributed by atoms with Crippen molar-refractivity contribution in [2.24, 2.45) is 0 Å². The van der Waals surface area contributed by atoms with Crippen LogP contribution in [-0.4, -0.2) is 33.1 Å². The molecule has 160 valence electrons. The van der Waals surface area contributed by atoms with Gasteiger partial charge in [-0.05, 0) is 43.2 Å². The van der Waals surface area contributed by atoms with Gasteiger partial charge in [0.05, 0.1) is 32.9 Å². The number of rotatable bonds is 9. The zero-order valence-electron chi connectivity index (χ0n) is 18.0. The summed E-state index contributed by atoms with van der Waals surface area (Å²) < 4.78 is 16.6. The number of nitrogens with one attached hydrogen (secondary N) is 1. The summed E-state index contributed by atoms with van der Waals surface area (Å²) >= 11 is 0. The Morgan fingerprint density at radius 1 is 1.07 bits per heavy atom. The van der Waals surface area contributed by atoms with Crippen LogP contribution in [0.1, 0.15) is 48.2 Å². The maximum atomic E-state index is 13.0. The summed E-state index contributed by atoms with van der Waals surface area (Å²) in [6.07, 6.45) is 3.69. The summed E-state index contributed by atoms with van der Waals surface area (Å²) in [6, 6.07) is 8.37. The molecule has 6 heteroatoms. The third-order valence-corrected chi connectivity index (χ3v) is 5.26. The lowest BCUT2D eigenvalue weighted by atomic mass is 10.0. The van der Waals surface area contributed by atoms with Gasteiger partial charge in [0.1, 0.15) is 23.8 Å². The largest absolute Gasteiger partial charge is 0.872 e. The summed E-state index contributed by atoms with van der Waals surface area (Å²) in [7, 11) is 3.14. The van der Waals surface area contributed by atoms with Crippen molar-refractivity contribution in [1.82, 2.24) is 0 Å². The molecule has 30 heavy (non-hydrogen) atoms. The smallest absolute Gasteiger partial charge is 0.231 e. The van der Waals surface area contributed by atoms with Crippen LogP contribution >= 0.6 is 0 Å². The monoisotopic (exact) mass is 411 g/mol. The van der Waals surface area contributed by atoms with Gasteiger partial charge < -0.3 is 24.2 Å². The Kier molecular flexibility index (Phi) is 7.00. The number of carbonyl (C=O) groups is 1. The number of allylic oxidation sites excluding steroid dienone is 1. The molecule has 0 saturated heterocycles. The van der Waals surface area contributed by atoms with E-state index in [1.165, 1.54) is 11.0 Å². The molecule has 6 nitrogen and oxygen atoms in total. The number of fused-ring (bicyclic) bond motifs is 1. The first-order chi connectivity index (χ1) is 14.5. The summed E-state index contributed by atoms with van der Waals surface area (Å²) in [5.74, 6) is 1.49. The van der Waals surface area contributed by atoms with Crippen molar-refractivity contribution in [3.8, 4) is 23.0 Å². The molecule has 0 radical (unpaired) electrons. The maximum absolute atomic E-state index is 13.0. The third-order valence-electron chi connectivity index (χ3n) is 5.26. The molecule has 0 amide bonds. The molecule has 2 aromatic carbocycles. The fourth-order valence-corrected chi connectivity index (χ4v) is 3.81. The Morgan fingerprint density at radius 3 is 2.43 bits per heavy atom. The minimum absolute atomic E-state index is 0.0912. The highest BCUT2D eigenvalue weighted by Gasteiger charge is 2.31. The zero-order valence-corrected chi connectivity index (χ0v) is 18.0.